The van der Waals surface area contributed by atoms with Crippen LogP contribution in [0.1, 0.15) is 39.0 Å². The standard InChI is InChI=1S/C10H19O2.HI.Mg/c1-3-5-7-10(6-4-2)11-8-9-12-10;;/h2-9H2,1H3;1H;/q;;+1/p-1. The summed E-state index contributed by atoms with van der Waals surface area (Å²) in [5.41, 5.74) is 0. The Balaban J connectivity index is 2.28. The first kappa shape index (κ1) is 13.5. The summed E-state index contributed by atoms with van der Waals surface area (Å²) in [6.07, 6.45) is 5.95. The quantitative estimate of drug-likeness (QED) is 0.407. The van der Waals surface area contributed by atoms with E-state index in [0.717, 1.165) is 26.1 Å². The van der Waals surface area contributed by atoms with E-state index in [1.807, 2.05) is 0 Å². The average molecular weight is 322 g/mol. The van der Waals surface area contributed by atoms with E-state index < -0.39 is 0 Å². The van der Waals surface area contributed by atoms with Crippen molar-refractivity contribution in [3.05, 3.63) is 0 Å². The topological polar surface area (TPSA) is 18.5 Å². The molecule has 4 heteroatoms. The lowest BCUT2D eigenvalue weighted by atomic mass is 10.0. The lowest BCUT2D eigenvalue weighted by molar-refractivity contribution is -0.167. The molecule has 0 aromatic carbocycles. The summed E-state index contributed by atoms with van der Waals surface area (Å²) >= 11 is 2.75. The molecule has 2 nitrogen and oxygen atoms in total. The molecule has 0 aliphatic carbocycles. The van der Waals surface area contributed by atoms with E-state index >= 15 is 0 Å². The smallest absolute Gasteiger partial charge is 0.348 e. The van der Waals surface area contributed by atoms with E-state index in [-0.39, 0.29) is 22.3 Å². The van der Waals surface area contributed by atoms with Gasteiger partial charge in [-0.1, -0.05) is 19.8 Å². The second-order valence-electron chi connectivity index (χ2n) is 3.86. The molecule has 1 saturated heterocycles. The summed E-state index contributed by atoms with van der Waals surface area (Å²) in [5.74, 6) is -0.184. The molecule has 1 aliphatic heterocycles. The van der Waals surface area contributed by atoms with Crippen molar-refractivity contribution in [3.8, 4) is 0 Å². The zero-order chi connectivity index (χ0) is 10.3. The van der Waals surface area contributed by atoms with Crippen molar-refractivity contribution < 1.29 is 9.47 Å². The van der Waals surface area contributed by atoms with Gasteiger partial charge in [0.1, 0.15) is 0 Å². The van der Waals surface area contributed by atoms with E-state index in [1.165, 1.54) is 23.8 Å². The molecule has 1 heterocycles. The molecule has 0 amide bonds. The van der Waals surface area contributed by atoms with Crippen LogP contribution < -0.4 is 0 Å². The van der Waals surface area contributed by atoms with Gasteiger partial charge in [-0.25, -0.2) is 0 Å². The Kier molecular flexibility index (Phi) is 7.37. The maximum absolute atomic E-state index is 5.78. The third-order valence-electron chi connectivity index (χ3n) is 2.67. The summed E-state index contributed by atoms with van der Waals surface area (Å²) in [6, 6.07) is 0. The highest BCUT2D eigenvalue weighted by Crippen LogP contribution is 2.31. The minimum absolute atomic E-state index is 0.184. The lowest BCUT2D eigenvalue weighted by Crippen LogP contribution is -2.29. The molecule has 0 aromatic heterocycles. The van der Waals surface area contributed by atoms with Crippen molar-refractivity contribution in [2.24, 2.45) is 0 Å². The summed E-state index contributed by atoms with van der Waals surface area (Å²) in [7, 11) is 0. The number of rotatable bonds is 7. The van der Waals surface area contributed by atoms with Crippen molar-refractivity contribution >= 4 is 35.3 Å². The highest BCUT2D eigenvalue weighted by atomic mass is 127. The molecular formula is C10H19IMgO2. The Morgan fingerprint density at radius 3 is 2.43 bits per heavy atom. The third-order valence-corrected chi connectivity index (χ3v) is 5.72. The number of hydrogen-bond donors (Lipinski definition) is 0. The van der Waals surface area contributed by atoms with Crippen LogP contribution in [0.15, 0.2) is 0 Å². The molecule has 0 radical (unpaired) electrons. The second-order valence-corrected chi connectivity index (χ2v) is 8.18. The fraction of sp³-hybridized carbons (Fsp3) is 1.00. The van der Waals surface area contributed by atoms with Crippen LogP contribution in [0.3, 0.4) is 0 Å². The highest BCUT2D eigenvalue weighted by molar-refractivity contribution is 14.1. The van der Waals surface area contributed by atoms with E-state index in [9.17, 15) is 0 Å². The van der Waals surface area contributed by atoms with Gasteiger partial charge in [-0.3, -0.25) is 0 Å². The molecule has 1 fully saturated rings. The van der Waals surface area contributed by atoms with Gasteiger partial charge >= 0.3 is 16.5 Å². The largest absolute Gasteiger partial charge is 0.463 e. The van der Waals surface area contributed by atoms with Crippen LogP contribution in [-0.4, -0.2) is 35.5 Å². The highest BCUT2D eigenvalue weighted by Gasteiger charge is 2.34. The molecule has 80 valence electrons. The van der Waals surface area contributed by atoms with Gasteiger partial charge < -0.3 is 28.3 Å². The van der Waals surface area contributed by atoms with Crippen LogP contribution in [0, 0.1) is 0 Å². The minimum atomic E-state index is -0.184. The summed E-state index contributed by atoms with van der Waals surface area (Å²) in [6.45, 7) is 3.82. The minimum Gasteiger partial charge on any atom is -0.348 e. The van der Waals surface area contributed by atoms with Crippen molar-refractivity contribution in [3.63, 3.8) is 0 Å². The summed E-state index contributed by atoms with van der Waals surface area (Å²) in [4.78, 5) is 0. The first-order valence-corrected chi connectivity index (χ1v) is 11.8. The molecule has 14 heavy (non-hydrogen) atoms. The Morgan fingerprint density at radius 2 is 1.86 bits per heavy atom. The van der Waals surface area contributed by atoms with E-state index in [2.05, 4.69) is 25.8 Å². The number of unbranched alkanes of at least 4 members (excludes halogenated alkanes) is 1. The van der Waals surface area contributed by atoms with Crippen LogP contribution in [0.2, 0.25) is 4.55 Å². The van der Waals surface area contributed by atoms with Crippen molar-refractivity contribution in [1.29, 1.82) is 0 Å². The number of ether oxygens (including phenoxy) is 2. The fourth-order valence-corrected chi connectivity index (χ4v) is 3.90. The van der Waals surface area contributed by atoms with Crippen LogP contribution in [0.5, 0.6) is 0 Å². The SMILES string of the molecule is CCCCC1(CC[CH2][Mg][I])OCCO1. The van der Waals surface area contributed by atoms with Crippen molar-refractivity contribution in [2.45, 2.75) is 49.4 Å². The molecule has 0 spiro atoms. The Hall–Kier alpha value is 1.42. The first-order chi connectivity index (χ1) is 6.83. The van der Waals surface area contributed by atoms with Crippen molar-refractivity contribution in [2.75, 3.05) is 13.2 Å². The van der Waals surface area contributed by atoms with Gasteiger partial charge in [-0.05, 0) is 12.8 Å². The molecule has 1 rings (SSSR count). The maximum Gasteiger partial charge on any atom is 0.463 e. The monoisotopic (exact) mass is 322 g/mol. The summed E-state index contributed by atoms with van der Waals surface area (Å²) in [5, 5.41) is 0. The van der Waals surface area contributed by atoms with Gasteiger partial charge in [0.25, 0.3) is 0 Å². The number of halogens is 1. The van der Waals surface area contributed by atoms with Crippen LogP contribution in [0.4, 0.5) is 0 Å². The molecule has 0 atom stereocenters. The molecule has 0 saturated carbocycles. The maximum atomic E-state index is 5.78. The molecule has 0 aromatic rings. The zero-order valence-corrected chi connectivity index (χ0v) is 12.6. The van der Waals surface area contributed by atoms with Gasteiger partial charge in [0.15, 0.2) is 5.79 Å². The van der Waals surface area contributed by atoms with Gasteiger partial charge in [0.05, 0.1) is 13.2 Å². The van der Waals surface area contributed by atoms with Crippen LogP contribution in [0.25, 0.3) is 0 Å². The van der Waals surface area contributed by atoms with Gasteiger partial charge in [-0.2, -0.15) is 0 Å². The van der Waals surface area contributed by atoms with Gasteiger partial charge in [0, 0.05) is 6.42 Å². The average Bonchev–Trinajstić information content (AvgIpc) is 2.65. The molecule has 0 unspecified atom stereocenters. The van der Waals surface area contributed by atoms with E-state index in [0.29, 0.717) is 0 Å². The predicted molar refractivity (Wildman–Crippen MR) is 68.0 cm³/mol. The van der Waals surface area contributed by atoms with Crippen LogP contribution in [-0.2, 0) is 9.47 Å². The van der Waals surface area contributed by atoms with E-state index in [1.54, 1.807) is 0 Å². The molecule has 0 bridgehead atoms. The molecular weight excluding hydrogens is 303 g/mol. The zero-order valence-electron chi connectivity index (χ0n) is 9.06. The normalized spacial score (nSPS) is 19.6. The predicted octanol–water partition coefficient (Wildman–Crippen LogP) is 3.17. The fourth-order valence-electron chi connectivity index (χ4n) is 1.85. The van der Waals surface area contributed by atoms with Crippen LogP contribution >= 0.6 is 18.9 Å². The second kappa shape index (κ2) is 7.65. The Morgan fingerprint density at radius 1 is 1.21 bits per heavy atom. The van der Waals surface area contributed by atoms with E-state index in [4.69, 9.17) is 9.47 Å². The Labute approximate surface area is 107 Å². The third kappa shape index (κ3) is 4.51. The number of hydrogen-bond acceptors (Lipinski definition) is 2. The Bertz CT molecular complexity index is 149. The lowest BCUT2D eigenvalue weighted by Gasteiger charge is -2.27. The van der Waals surface area contributed by atoms with Gasteiger partial charge in [0.2, 0.25) is 0 Å². The van der Waals surface area contributed by atoms with Gasteiger partial charge in [-0.15, -0.1) is 4.55 Å². The van der Waals surface area contributed by atoms with Crippen molar-refractivity contribution in [1.82, 2.24) is 0 Å². The first-order valence-electron chi connectivity index (χ1n) is 5.67. The molecule has 1 aliphatic rings. The summed E-state index contributed by atoms with van der Waals surface area (Å²) < 4.78 is 13.0. The molecule has 0 N–H and O–H groups in total.